The SMILES string of the molecule is CC(O)CC(=O)CCCCCCCCCCCCCCCCCCCCCCCC(O)CCOC1OC(CO)C(O)C(O)C1O. The van der Waals surface area contributed by atoms with Gasteiger partial charge in [0.05, 0.1) is 25.4 Å². The molecule has 7 atom stereocenters. The van der Waals surface area contributed by atoms with E-state index in [1.54, 1.807) is 6.92 Å². The van der Waals surface area contributed by atoms with Crippen molar-refractivity contribution in [2.45, 2.75) is 210 Å². The second-order valence-corrected chi connectivity index (χ2v) is 13.6. The molecule has 45 heavy (non-hydrogen) atoms. The van der Waals surface area contributed by atoms with Crippen LogP contribution in [0.2, 0.25) is 0 Å². The fourth-order valence-corrected chi connectivity index (χ4v) is 6.16. The molecular formula is C36H70O9. The molecule has 7 unspecified atom stereocenters. The molecule has 1 rings (SSSR count). The van der Waals surface area contributed by atoms with Crippen molar-refractivity contribution < 1.29 is 44.9 Å². The number of ketones is 1. The zero-order valence-corrected chi connectivity index (χ0v) is 28.5. The maximum absolute atomic E-state index is 11.6. The molecule has 1 saturated heterocycles. The highest BCUT2D eigenvalue weighted by Crippen LogP contribution is 2.22. The zero-order valence-electron chi connectivity index (χ0n) is 28.5. The molecule has 0 saturated carbocycles. The molecular weight excluding hydrogens is 576 g/mol. The number of aliphatic hydroxyl groups is 6. The fourth-order valence-electron chi connectivity index (χ4n) is 6.16. The highest BCUT2D eigenvalue weighted by Gasteiger charge is 2.43. The number of rotatable bonds is 31. The summed E-state index contributed by atoms with van der Waals surface area (Å²) in [6.07, 6.45) is 21.4. The Bertz CT molecular complexity index is 675. The molecule has 9 nitrogen and oxygen atoms in total. The molecule has 0 aromatic heterocycles. The van der Waals surface area contributed by atoms with Gasteiger partial charge in [-0.2, -0.15) is 0 Å². The van der Waals surface area contributed by atoms with Crippen LogP contribution in [0.3, 0.4) is 0 Å². The van der Waals surface area contributed by atoms with Gasteiger partial charge in [-0.05, 0) is 26.2 Å². The van der Waals surface area contributed by atoms with Gasteiger partial charge in [0.1, 0.15) is 30.2 Å². The van der Waals surface area contributed by atoms with E-state index in [9.17, 15) is 35.4 Å². The lowest BCUT2D eigenvalue weighted by Gasteiger charge is -2.39. The number of carbonyl (C=O) groups is 1. The van der Waals surface area contributed by atoms with Crippen molar-refractivity contribution in [3.8, 4) is 0 Å². The van der Waals surface area contributed by atoms with Crippen LogP contribution in [0.15, 0.2) is 0 Å². The Kier molecular flexibility index (Phi) is 26.7. The molecule has 268 valence electrons. The Hall–Kier alpha value is -0.650. The summed E-state index contributed by atoms with van der Waals surface area (Å²) in [5, 5.41) is 58.3. The van der Waals surface area contributed by atoms with Crippen molar-refractivity contribution in [1.29, 1.82) is 0 Å². The van der Waals surface area contributed by atoms with Crippen molar-refractivity contribution in [2.24, 2.45) is 0 Å². The number of ether oxygens (including phenoxy) is 2. The van der Waals surface area contributed by atoms with E-state index in [2.05, 4.69) is 0 Å². The Labute approximate surface area is 274 Å². The van der Waals surface area contributed by atoms with Gasteiger partial charge < -0.3 is 40.1 Å². The topological polar surface area (TPSA) is 157 Å². The van der Waals surface area contributed by atoms with Gasteiger partial charge in [0, 0.05) is 12.8 Å². The number of Topliss-reactive ketones (excluding diaryl/α,β-unsaturated/α-hetero) is 1. The van der Waals surface area contributed by atoms with Crippen LogP contribution < -0.4 is 0 Å². The normalized spacial score (nSPS) is 23.3. The van der Waals surface area contributed by atoms with Crippen molar-refractivity contribution in [1.82, 2.24) is 0 Å². The molecule has 0 radical (unpaired) electrons. The van der Waals surface area contributed by atoms with Crippen LogP contribution >= 0.6 is 0 Å². The molecule has 0 bridgehead atoms. The second kappa shape index (κ2) is 28.4. The van der Waals surface area contributed by atoms with Crippen molar-refractivity contribution >= 4 is 5.78 Å². The Morgan fingerprint density at radius 3 is 1.47 bits per heavy atom. The van der Waals surface area contributed by atoms with E-state index < -0.39 is 49.5 Å². The van der Waals surface area contributed by atoms with Gasteiger partial charge in [-0.15, -0.1) is 0 Å². The van der Waals surface area contributed by atoms with Crippen molar-refractivity contribution in [3.05, 3.63) is 0 Å². The van der Waals surface area contributed by atoms with E-state index in [4.69, 9.17) is 9.47 Å². The fraction of sp³-hybridized carbons (Fsp3) is 0.972. The molecule has 0 aliphatic carbocycles. The van der Waals surface area contributed by atoms with Crippen LogP contribution in [0.25, 0.3) is 0 Å². The summed E-state index contributed by atoms with van der Waals surface area (Å²) < 4.78 is 10.8. The first-order chi connectivity index (χ1) is 21.8. The average Bonchev–Trinajstić information content (AvgIpc) is 3.01. The molecule has 1 aliphatic heterocycles. The first kappa shape index (κ1) is 42.4. The monoisotopic (exact) mass is 647 g/mol. The van der Waals surface area contributed by atoms with Crippen LogP contribution in [0.5, 0.6) is 0 Å². The Balaban J connectivity index is 1.77. The van der Waals surface area contributed by atoms with Crippen LogP contribution in [0.1, 0.15) is 167 Å². The van der Waals surface area contributed by atoms with Crippen molar-refractivity contribution in [2.75, 3.05) is 13.2 Å². The summed E-state index contributed by atoms with van der Waals surface area (Å²) in [6.45, 7) is 1.35. The van der Waals surface area contributed by atoms with Gasteiger partial charge in [0.2, 0.25) is 0 Å². The third-order valence-corrected chi connectivity index (χ3v) is 9.10. The zero-order chi connectivity index (χ0) is 33.1. The van der Waals surface area contributed by atoms with Crippen molar-refractivity contribution in [3.63, 3.8) is 0 Å². The van der Waals surface area contributed by atoms with Gasteiger partial charge >= 0.3 is 0 Å². The third-order valence-electron chi connectivity index (χ3n) is 9.10. The molecule has 1 aliphatic rings. The van der Waals surface area contributed by atoms with Gasteiger partial charge in [0.25, 0.3) is 0 Å². The standard InChI is InChI=1S/C36H70O9/c1-29(38)27-31(40)24-22-20-18-16-14-12-10-8-6-4-2-3-5-7-9-11-13-15-17-19-21-23-30(39)25-26-44-36-35(43)34(42)33(41)32(28-37)45-36/h29-30,32-39,41-43H,2-28H2,1H3. The maximum atomic E-state index is 11.6. The summed E-state index contributed by atoms with van der Waals surface area (Å²) in [6, 6.07) is 0. The molecule has 0 amide bonds. The third kappa shape index (κ3) is 22.5. The number of aliphatic hydroxyl groups excluding tert-OH is 6. The predicted octanol–water partition coefficient (Wildman–Crippen LogP) is 5.87. The second-order valence-electron chi connectivity index (χ2n) is 13.6. The van der Waals surface area contributed by atoms with E-state index >= 15 is 0 Å². The van der Waals surface area contributed by atoms with Crippen LogP contribution in [-0.4, -0.2) is 92.5 Å². The summed E-state index contributed by atoms with van der Waals surface area (Å²) in [7, 11) is 0. The van der Waals surface area contributed by atoms with Gasteiger partial charge in [-0.3, -0.25) is 4.79 Å². The van der Waals surface area contributed by atoms with Crippen LogP contribution in [0, 0.1) is 0 Å². The molecule has 0 spiro atoms. The van der Waals surface area contributed by atoms with E-state index in [1.807, 2.05) is 0 Å². The van der Waals surface area contributed by atoms with Crippen LogP contribution in [-0.2, 0) is 14.3 Å². The highest BCUT2D eigenvalue weighted by atomic mass is 16.7. The lowest BCUT2D eigenvalue weighted by Crippen LogP contribution is -2.59. The first-order valence-electron chi connectivity index (χ1n) is 18.6. The summed E-state index contributed by atoms with van der Waals surface area (Å²) >= 11 is 0. The first-order valence-corrected chi connectivity index (χ1v) is 18.6. The number of hydrogen-bond acceptors (Lipinski definition) is 9. The minimum atomic E-state index is -1.45. The Morgan fingerprint density at radius 1 is 0.622 bits per heavy atom. The largest absolute Gasteiger partial charge is 0.394 e. The summed E-state index contributed by atoms with van der Waals surface area (Å²) in [5.74, 6) is 0.197. The molecule has 1 heterocycles. The smallest absolute Gasteiger partial charge is 0.186 e. The summed E-state index contributed by atoms with van der Waals surface area (Å²) in [4.78, 5) is 11.6. The minimum absolute atomic E-state index is 0.158. The van der Waals surface area contributed by atoms with E-state index in [0.29, 0.717) is 25.7 Å². The molecule has 0 aromatic rings. The maximum Gasteiger partial charge on any atom is 0.186 e. The van der Waals surface area contributed by atoms with Gasteiger partial charge in [-0.25, -0.2) is 0 Å². The van der Waals surface area contributed by atoms with E-state index in [0.717, 1.165) is 25.7 Å². The Morgan fingerprint density at radius 2 is 1.04 bits per heavy atom. The van der Waals surface area contributed by atoms with Gasteiger partial charge in [-0.1, -0.05) is 128 Å². The number of unbranched alkanes of at least 4 members (excludes halogenated alkanes) is 20. The lowest BCUT2D eigenvalue weighted by molar-refractivity contribution is -0.301. The van der Waals surface area contributed by atoms with E-state index in [1.165, 1.54) is 109 Å². The lowest BCUT2D eigenvalue weighted by atomic mass is 9.99. The molecule has 0 aromatic carbocycles. The van der Waals surface area contributed by atoms with E-state index in [-0.39, 0.29) is 12.4 Å². The average molecular weight is 647 g/mol. The quantitative estimate of drug-likeness (QED) is 0.0507. The number of hydrogen-bond donors (Lipinski definition) is 6. The van der Waals surface area contributed by atoms with Gasteiger partial charge in [0.15, 0.2) is 6.29 Å². The minimum Gasteiger partial charge on any atom is -0.394 e. The predicted molar refractivity (Wildman–Crippen MR) is 178 cm³/mol. The van der Waals surface area contributed by atoms with Crippen LogP contribution in [0.4, 0.5) is 0 Å². The summed E-state index contributed by atoms with van der Waals surface area (Å²) in [5.41, 5.74) is 0. The number of carbonyl (C=O) groups excluding carboxylic acids is 1. The highest BCUT2D eigenvalue weighted by molar-refractivity contribution is 5.78. The molecule has 9 heteroatoms. The molecule has 1 fully saturated rings. The molecule has 6 N–H and O–H groups in total.